The van der Waals surface area contributed by atoms with Crippen LogP contribution in [0.15, 0.2) is 78.2 Å². The van der Waals surface area contributed by atoms with Gasteiger partial charge in [-0.1, -0.05) is 18.2 Å². The number of non-ortho nitro benzene ring substituents is 1. The number of nitro groups is 1. The third-order valence-electron chi connectivity index (χ3n) is 5.17. The average Bonchev–Trinajstić information content (AvgIpc) is 3.46. The van der Waals surface area contributed by atoms with Crippen LogP contribution < -0.4 is 10.1 Å². The number of amides is 1. The highest BCUT2D eigenvalue weighted by molar-refractivity contribution is 7.11. The van der Waals surface area contributed by atoms with Gasteiger partial charge in [0.05, 0.1) is 16.2 Å². The number of nitrogens with one attached hydrogen (secondary N) is 1. The number of nitriles is 1. The minimum Gasteiger partial charge on any atom is -0.457 e. The molecule has 0 aliphatic carbocycles. The van der Waals surface area contributed by atoms with Crippen LogP contribution in [-0.2, 0) is 4.79 Å². The SMILES string of the molecule is N#CC(=C1C(=O)Nc2ccc([N+](=O)[O-])cc21)c1nc(-c2ccc(Oc3ccccc3)cc2)cs1. The summed E-state index contributed by atoms with van der Waals surface area (Å²) in [5.41, 5.74) is 2.17. The smallest absolute Gasteiger partial charge is 0.270 e. The number of hydrogen-bond acceptors (Lipinski definition) is 7. The van der Waals surface area contributed by atoms with Crippen LogP contribution in [0.4, 0.5) is 11.4 Å². The Hall–Kier alpha value is -4.81. The molecule has 4 aromatic rings. The summed E-state index contributed by atoms with van der Waals surface area (Å²) in [5.74, 6) is 0.907. The number of aromatic nitrogens is 1. The molecule has 8 nitrogen and oxygen atoms in total. The maximum absolute atomic E-state index is 12.6. The van der Waals surface area contributed by atoms with Crippen molar-refractivity contribution in [1.29, 1.82) is 5.26 Å². The van der Waals surface area contributed by atoms with Crippen LogP contribution in [0.5, 0.6) is 11.5 Å². The number of ether oxygens (including phenoxy) is 1. The molecule has 0 bridgehead atoms. The number of carbonyl (C=O) groups excluding carboxylic acids is 1. The molecule has 9 heteroatoms. The number of thiazole rings is 1. The van der Waals surface area contributed by atoms with Crippen LogP contribution in [0, 0.1) is 21.4 Å². The fourth-order valence-electron chi connectivity index (χ4n) is 3.57. The van der Waals surface area contributed by atoms with E-state index in [1.165, 1.54) is 29.5 Å². The van der Waals surface area contributed by atoms with Gasteiger partial charge >= 0.3 is 0 Å². The number of para-hydroxylation sites is 1. The lowest BCUT2D eigenvalue weighted by atomic mass is 10.0. The summed E-state index contributed by atoms with van der Waals surface area (Å²) in [7, 11) is 0. The number of nitrogens with zero attached hydrogens (tertiary/aromatic N) is 3. The summed E-state index contributed by atoms with van der Waals surface area (Å²) < 4.78 is 5.81. The third-order valence-corrected chi connectivity index (χ3v) is 6.03. The molecular formula is C25H14N4O4S. The van der Waals surface area contributed by atoms with Crippen molar-refractivity contribution < 1.29 is 14.5 Å². The molecule has 0 fully saturated rings. The summed E-state index contributed by atoms with van der Waals surface area (Å²) in [6.07, 6.45) is 0. The number of fused-ring (bicyclic) bond motifs is 1. The van der Waals surface area contributed by atoms with Crippen molar-refractivity contribution in [2.75, 3.05) is 5.32 Å². The first-order valence-electron chi connectivity index (χ1n) is 10.1. The molecular weight excluding hydrogens is 452 g/mol. The quantitative estimate of drug-likeness (QED) is 0.169. The Bertz CT molecular complexity index is 1500. The van der Waals surface area contributed by atoms with Crippen LogP contribution in [0.3, 0.4) is 0 Å². The predicted octanol–water partition coefficient (Wildman–Crippen LogP) is 5.90. The van der Waals surface area contributed by atoms with Gasteiger partial charge in [0.2, 0.25) is 0 Å². The maximum Gasteiger partial charge on any atom is 0.270 e. The van der Waals surface area contributed by atoms with Crippen molar-refractivity contribution >= 4 is 39.8 Å². The summed E-state index contributed by atoms with van der Waals surface area (Å²) >= 11 is 1.22. The van der Waals surface area contributed by atoms with Gasteiger partial charge in [-0.05, 0) is 42.5 Å². The van der Waals surface area contributed by atoms with Gasteiger partial charge < -0.3 is 10.1 Å². The number of rotatable bonds is 5. The van der Waals surface area contributed by atoms with E-state index < -0.39 is 10.8 Å². The van der Waals surface area contributed by atoms with E-state index in [0.29, 0.717) is 27.7 Å². The van der Waals surface area contributed by atoms with E-state index >= 15 is 0 Å². The first kappa shape index (κ1) is 21.1. The molecule has 5 rings (SSSR count). The van der Waals surface area contributed by atoms with E-state index in [2.05, 4.69) is 16.4 Å². The monoisotopic (exact) mass is 466 g/mol. The van der Waals surface area contributed by atoms with E-state index in [-0.39, 0.29) is 16.8 Å². The largest absolute Gasteiger partial charge is 0.457 e. The van der Waals surface area contributed by atoms with E-state index in [1.54, 1.807) is 5.38 Å². The van der Waals surface area contributed by atoms with E-state index in [1.807, 2.05) is 54.6 Å². The number of hydrogen-bond donors (Lipinski definition) is 1. The Kier molecular flexibility index (Phi) is 5.33. The normalized spacial score (nSPS) is 13.6. The second kappa shape index (κ2) is 8.61. The van der Waals surface area contributed by atoms with Crippen LogP contribution >= 0.6 is 11.3 Å². The zero-order valence-corrected chi connectivity index (χ0v) is 18.2. The van der Waals surface area contributed by atoms with E-state index in [9.17, 15) is 20.2 Å². The van der Waals surface area contributed by atoms with Gasteiger partial charge in [0, 0.05) is 34.3 Å². The maximum atomic E-state index is 12.6. The number of allylic oxidation sites excluding steroid dienone is 1. The Morgan fingerprint density at radius 1 is 1.06 bits per heavy atom. The standard InChI is InChI=1S/C25H14N4O4S/c26-13-20(23-19-12-16(29(31)32)8-11-21(19)27-24(23)30)25-28-22(14-34-25)15-6-9-18(10-7-15)33-17-4-2-1-3-5-17/h1-12,14H,(H,27,30). The van der Waals surface area contributed by atoms with Gasteiger partial charge in [0.15, 0.2) is 0 Å². The van der Waals surface area contributed by atoms with Crippen LogP contribution in [0.25, 0.3) is 22.4 Å². The summed E-state index contributed by atoms with van der Waals surface area (Å²) in [6.45, 7) is 0. The van der Waals surface area contributed by atoms with Gasteiger partial charge in [0.25, 0.3) is 11.6 Å². The first-order chi connectivity index (χ1) is 16.5. The van der Waals surface area contributed by atoms with Gasteiger partial charge in [-0.2, -0.15) is 5.26 Å². The molecule has 1 amide bonds. The van der Waals surface area contributed by atoms with E-state index in [4.69, 9.17) is 4.74 Å². The summed E-state index contributed by atoms with van der Waals surface area (Å²) in [5, 5.41) is 25.8. The third kappa shape index (κ3) is 3.90. The van der Waals surface area contributed by atoms with Gasteiger partial charge in [-0.25, -0.2) is 4.98 Å². The molecule has 0 saturated carbocycles. The lowest BCUT2D eigenvalue weighted by Gasteiger charge is -2.05. The molecule has 34 heavy (non-hydrogen) atoms. The molecule has 0 saturated heterocycles. The zero-order chi connectivity index (χ0) is 23.7. The first-order valence-corrected chi connectivity index (χ1v) is 11.0. The molecule has 1 aliphatic rings. The molecule has 0 spiro atoms. The lowest BCUT2D eigenvalue weighted by molar-refractivity contribution is -0.384. The van der Waals surface area contributed by atoms with E-state index in [0.717, 1.165) is 11.3 Å². The van der Waals surface area contributed by atoms with Crippen molar-refractivity contribution in [2.45, 2.75) is 0 Å². The highest BCUT2D eigenvalue weighted by Crippen LogP contribution is 2.40. The minimum absolute atomic E-state index is 0.0667. The number of anilines is 1. The molecule has 1 aliphatic heterocycles. The molecule has 0 atom stereocenters. The van der Waals surface area contributed by atoms with Crippen molar-refractivity contribution in [2.24, 2.45) is 0 Å². The topological polar surface area (TPSA) is 118 Å². The van der Waals surface area contributed by atoms with Crippen molar-refractivity contribution in [3.8, 4) is 28.8 Å². The fraction of sp³-hybridized carbons (Fsp3) is 0. The minimum atomic E-state index is -0.542. The van der Waals surface area contributed by atoms with Crippen LogP contribution in [0.2, 0.25) is 0 Å². The Morgan fingerprint density at radius 3 is 2.50 bits per heavy atom. The fourth-order valence-corrected chi connectivity index (χ4v) is 4.40. The number of nitro benzene ring substituents is 1. The van der Waals surface area contributed by atoms with Crippen LogP contribution in [0.1, 0.15) is 10.6 Å². The lowest BCUT2D eigenvalue weighted by Crippen LogP contribution is -2.05. The van der Waals surface area contributed by atoms with Crippen molar-refractivity contribution in [3.63, 3.8) is 0 Å². The number of benzene rings is 3. The summed E-state index contributed by atoms with van der Waals surface area (Å²) in [6, 6.07) is 22.9. The molecule has 1 aromatic heterocycles. The van der Waals surface area contributed by atoms with Crippen molar-refractivity contribution in [1.82, 2.24) is 4.98 Å². The second-order valence-corrected chi connectivity index (χ2v) is 8.14. The Morgan fingerprint density at radius 2 is 1.79 bits per heavy atom. The van der Waals surface area contributed by atoms with Crippen molar-refractivity contribution in [3.05, 3.63) is 98.9 Å². The molecule has 3 aromatic carbocycles. The van der Waals surface area contributed by atoms with Gasteiger partial charge in [-0.15, -0.1) is 11.3 Å². The van der Waals surface area contributed by atoms with Crippen LogP contribution in [-0.4, -0.2) is 15.8 Å². The Balaban J connectivity index is 1.47. The molecule has 164 valence electrons. The van der Waals surface area contributed by atoms with Gasteiger partial charge in [0.1, 0.15) is 28.1 Å². The zero-order valence-electron chi connectivity index (χ0n) is 17.4. The average molecular weight is 466 g/mol. The molecule has 0 unspecified atom stereocenters. The molecule has 0 radical (unpaired) electrons. The second-order valence-electron chi connectivity index (χ2n) is 7.28. The highest BCUT2D eigenvalue weighted by atomic mass is 32.1. The molecule has 1 N–H and O–H groups in total. The Labute approximate surface area is 197 Å². The molecule has 2 heterocycles. The number of carbonyl (C=O) groups is 1. The predicted molar refractivity (Wildman–Crippen MR) is 128 cm³/mol. The van der Waals surface area contributed by atoms with Gasteiger partial charge in [-0.3, -0.25) is 14.9 Å². The highest BCUT2D eigenvalue weighted by Gasteiger charge is 2.31. The summed E-state index contributed by atoms with van der Waals surface area (Å²) in [4.78, 5) is 27.8.